The van der Waals surface area contributed by atoms with Crippen molar-refractivity contribution in [1.82, 2.24) is 0 Å². The standard InChI is InChI=1S/C13H10N/c1-10(9-14)12-8-4-6-11-5-2-3-7-13(11)12/h2-8,10H,1H2. The van der Waals surface area contributed by atoms with Gasteiger partial charge in [0.2, 0.25) is 0 Å². The molecule has 14 heavy (non-hydrogen) atoms. The third-order valence-electron chi connectivity index (χ3n) is 2.35. The maximum atomic E-state index is 8.84. The molecule has 0 aliphatic carbocycles. The molecule has 0 amide bonds. The van der Waals surface area contributed by atoms with Crippen LogP contribution in [0.25, 0.3) is 10.8 Å². The van der Waals surface area contributed by atoms with Crippen LogP contribution in [0.4, 0.5) is 0 Å². The highest BCUT2D eigenvalue weighted by molar-refractivity contribution is 5.86. The molecule has 0 saturated carbocycles. The van der Waals surface area contributed by atoms with Gasteiger partial charge >= 0.3 is 0 Å². The first-order chi connectivity index (χ1) is 6.83. The predicted octanol–water partition coefficient (Wildman–Crippen LogP) is 3.28. The first kappa shape index (κ1) is 8.77. The van der Waals surface area contributed by atoms with Crippen molar-refractivity contribution in [2.45, 2.75) is 5.92 Å². The maximum absolute atomic E-state index is 8.84. The topological polar surface area (TPSA) is 23.8 Å². The Balaban J connectivity index is 2.72. The summed E-state index contributed by atoms with van der Waals surface area (Å²) in [7, 11) is 0. The third-order valence-corrected chi connectivity index (χ3v) is 2.35. The zero-order chi connectivity index (χ0) is 9.97. The van der Waals surface area contributed by atoms with Gasteiger partial charge < -0.3 is 0 Å². The fourth-order valence-electron chi connectivity index (χ4n) is 1.62. The molecule has 2 aromatic carbocycles. The molecule has 2 aromatic rings. The number of hydrogen-bond donors (Lipinski definition) is 0. The molecular formula is C13H10N. The van der Waals surface area contributed by atoms with E-state index in [-0.39, 0.29) is 5.92 Å². The molecule has 1 radical (unpaired) electrons. The van der Waals surface area contributed by atoms with Crippen molar-refractivity contribution < 1.29 is 0 Å². The summed E-state index contributed by atoms with van der Waals surface area (Å²) in [6, 6.07) is 16.2. The molecular weight excluding hydrogens is 170 g/mol. The van der Waals surface area contributed by atoms with Gasteiger partial charge in [-0.15, -0.1) is 0 Å². The summed E-state index contributed by atoms with van der Waals surface area (Å²) in [5.74, 6) is -0.291. The summed E-state index contributed by atoms with van der Waals surface area (Å²) in [6.07, 6.45) is 0. The van der Waals surface area contributed by atoms with Crippen LogP contribution in [-0.4, -0.2) is 0 Å². The summed E-state index contributed by atoms with van der Waals surface area (Å²) in [5, 5.41) is 11.1. The summed E-state index contributed by atoms with van der Waals surface area (Å²) in [4.78, 5) is 0. The Kier molecular flexibility index (Phi) is 2.20. The number of rotatable bonds is 1. The van der Waals surface area contributed by atoms with Crippen LogP contribution < -0.4 is 0 Å². The Hall–Kier alpha value is -1.81. The van der Waals surface area contributed by atoms with Crippen molar-refractivity contribution in [2.75, 3.05) is 0 Å². The second-order valence-corrected chi connectivity index (χ2v) is 3.25. The van der Waals surface area contributed by atoms with E-state index < -0.39 is 0 Å². The summed E-state index contributed by atoms with van der Waals surface area (Å²) >= 11 is 0. The van der Waals surface area contributed by atoms with Gasteiger partial charge in [-0.2, -0.15) is 5.26 Å². The molecule has 0 aliphatic rings. The molecule has 0 N–H and O–H groups in total. The van der Waals surface area contributed by atoms with Crippen molar-refractivity contribution in [3.63, 3.8) is 0 Å². The Morgan fingerprint density at radius 1 is 1.07 bits per heavy atom. The minimum atomic E-state index is -0.291. The van der Waals surface area contributed by atoms with Crippen LogP contribution in [0.1, 0.15) is 11.5 Å². The van der Waals surface area contributed by atoms with E-state index in [4.69, 9.17) is 5.26 Å². The quantitative estimate of drug-likeness (QED) is 0.660. The van der Waals surface area contributed by atoms with E-state index >= 15 is 0 Å². The molecule has 0 fully saturated rings. The van der Waals surface area contributed by atoms with Crippen LogP contribution in [0.15, 0.2) is 42.5 Å². The van der Waals surface area contributed by atoms with E-state index in [9.17, 15) is 0 Å². The van der Waals surface area contributed by atoms with Gasteiger partial charge in [-0.25, -0.2) is 0 Å². The minimum absolute atomic E-state index is 0.291. The first-order valence-electron chi connectivity index (χ1n) is 4.53. The van der Waals surface area contributed by atoms with Gasteiger partial charge in [-0.05, 0) is 23.3 Å². The molecule has 2 rings (SSSR count). The minimum Gasteiger partial charge on any atom is -0.198 e. The largest absolute Gasteiger partial charge is 0.198 e. The highest BCUT2D eigenvalue weighted by atomic mass is 14.3. The summed E-state index contributed by atoms with van der Waals surface area (Å²) < 4.78 is 0. The van der Waals surface area contributed by atoms with E-state index in [1.807, 2.05) is 42.5 Å². The molecule has 0 aliphatic heterocycles. The number of nitriles is 1. The zero-order valence-electron chi connectivity index (χ0n) is 7.77. The lowest BCUT2D eigenvalue weighted by atomic mass is 9.96. The zero-order valence-corrected chi connectivity index (χ0v) is 7.77. The molecule has 0 aromatic heterocycles. The third kappa shape index (κ3) is 1.36. The lowest BCUT2D eigenvalue weighted by Crippen LogP contribution is -1.90. The van der Waals surface area contributed by atoms with E-state index in [0.717, 1.165) is 16.3 Å². The number of fused-ring (bicyclic) bond motifs is 1. The van der Waals surface area contributed by atoms with Gasteiger partial charge in [0.1, 0.15) is 0 Å². The van der Waals surface area contributed by atoms with Gasteiger partial charge in [0.15, 0.2) is 0 Å². The Morgan fingerprint density at radius 3 is 2.57 bits per heavy atom. The van der Waals surface area contributed by atoms with Crippen LogP contribution in [0, 0.1) is 18.3 Å². The summed E-state index contributed by atoms with van der Waals surface area (Å²) in [6.45, 7) is 3.82. The first-order valence-corrected chi connectivity index (χ1v) is 4.53. The smallest absolute Gasteiger partial charge is 0.0719 e. The fraction of sp³-hybridized carbons (Fsp3) is 0.0769. The second-order valence-electron chi connectivity index (χ2n) is 3.25. The van der Waals surface area contributed by atoms with Crippen LogP contribution in [0.3, 0.4) is 0 Å². The average molecular weight is 180 g/mol. The van der Waals surface area contributed by atoms with Crippen molar-refractivity contribution in [3.8, 4) is 6.07 Å². The molecule has 1 heteroatoms. The van der Waals surface area contributed by atoms with Crippen LogP contribution in [0.2, 0.25) is 0 Å². The Morgan fingerprint density at radius 2 is 1.79 bits per heavy atom. The molecule has 0 saturated heterocycles. The summed E-state index contributed by atoms with van der Waals surface area (Å²) in [5.41, 5.74) is 1.01. The van der Waals surface area contributed by atoms with Crippen molar-refractivity contribution in [3.05, 3.63) is 55.0 Å². The van der Waals surface area contributed by atoms with E-state index in [1.54, 1.807) is 0 Å². The highest BCUT2D eigenvalue weighted by Crippen LogP contribution is 2.24. The van der Waals surface area contributed by atoms with Gasteiger partial charge in [0.05, 0.1) is 12.0 Å². The van der Waals surface area contributed by atoms with Crippen LogP contribution >= 0.6 is 0 Å². The monoisotopic (exact) mass is 180 g/mol. The van der Waals surface area contributed by atoms with E-state index in [0.29, 0.717) is 0 Å². The Labute approximate surface area is 83.6 Å². The fourth-order valence-corrected chi connectivity index (χ4v) is 1.62. The number of benzene rings is 2. The van der Waals surface area contributed by atoms with Crippen LogP contribution in [0.5, 0.6) is 0 Å². The second kappa shape index (κ2) is 3.51. The van der Waals surface area contributed by atoms with Crippen molar-refractivity contribution >= 4 is 10.8 Å². The van der Waals surface area contributed by atoms with Crippen molar-refractivity contribution in [1.29, 1.82) is 5.26 Å². The van der Waals surface area contributed by atoms with Gasteiger partial charge in [0.25, 0.3) is 0 Å². The van der Waals surface area contributed by atoms with E-state index in [1.165, 1.54) is 0 Å². The Bertz CT molecular complexity index is 489. The van der Waals surface area contributed by atoms with Gasteiger partial charge in [-0.1, -0.05) is 42.5 Å². The van der Waals surface area contributed by atoms with Gasteiger partial charge in [0, 0.05) is 0 Å². The molecule has 0 bridgehead atoms. The molecule has 67 valence electrons. The normalized spacial score (nSPS) is 12.3. The van der Waals surface area contributed by atoms with E-state index in [2.05, 4.69) is 13.0 Å². The van der Waals surface area contributed by atoms with Crippen molar-refractivity contribution in [2.24, 2.45) is 0 Å². The lowest BCUT2D eigenvalue weighted by molar-refractivity contribution is 1.11. The lowest BCUT2D eigenvalue weighted by Gasteiger charge is -2.06. The maximum Gasteiger partial charge on any atom is 0.0719 e. The molecule has 1 atom stereocenters. The molecule has 1 nitrogen and oxygen atoms in total. The molecule has 0 spiro atoms. The number of nitrogens with zero attached hydrogens (tertiary/aromatic N) is 1. The predicted molar refractivity (Wildman–Crippen MR) is 57.7 cm³/mol. The number of hydrogen-bond acceptors (Lipinski definition) is 1. The molecule has 0 heterocycles. The average Bonchev–Trinajstić information content (AvgIpc) is 2.27. The SMILES string of the molecule is [CH2]C(C#N)c1cccc2ccccc12. The highest BCUT2D eigenvalue weighted by Gasteiger charge is 2.06. The van der Waals surface area contributed by atoms with Gasteiger partial charge in [-0.3, -0.25) is 0 Å². The molecule has 1 unspecified atom stereocenters. The van der Waals surface area contributed by atoms with Crippen LogP contribution in [-0.2, 0) is 0 Å².